The zero-order valence-electron chi connectivity index (χ0n) is 19.1. The molecule has 34 heavy (non-hydrogen) atoms. The second-order valence-corrected chi connectivity index (χ2v) is 10.2. The maximum atomic E-state index is 14.6. The third kappa shape index (κ3) is 5.22. The van der Waals surface area contributed by atoms with Crippen LogP contribution in [0.4, 0.5) is 15.8 Å². The Morgan fingerprint density at radius 1 is 1.03 bits per heavy atom. The number of hydrogen-bond acceptors (Lipinski definition) is 4. The zero-order valence-corrected chi connectivity index (χ0v) is 19.9. The maximum absolute atomic E-state index is 14.6. The highest BCUT2D eigenvalue weighted by molar-refractivity contribution is 7.92. The third-order valence-corrected chi connectivity index (χ3v) is 7.70. The van der Waals surface area contributed by atoms with Gasteiger partial charge in [-0.15, -0.1) is 0 Å². The molecular formula is C26H28FN3O3S. The molecule has 0 aliphatic carbocycles. The largest absolute Gasteiger partial charge is 0.371 e. The first-order chi connectivity index (χ1) is 16.4. The van der Waals surface area contributed by atoms with Crippen LogP contribution in [0.1, 0.15) is 17.5 Å². The van der Waals surface area contributed by atoms with Gasteiger partial charge in [0.15, 0.2) is 0 Å². The minimum absolute atomic E-state index is 0.00171. The van der Waals surface area contributed by atoms with E-state index in [4.69, 9.17) is 0 Å². The molecule has 3 aromatic carbocycles. The van der Waals surface area contributed by atoms with E-state index in [9.17, 15) is 17.6 Å². The fourth-order valence-electron chi connectivity index (χ4n) is 4.11. The van der Waals surface area contributed by atoms with Crippen molar-refractivity contribution in [3.63, 3.8) is 0 Å². The highest BCUT2D eigenvalue weighted by atomic mass is 32.2. The van der Waals surface area contributed by atoms with Crippen LogP contribution in [0, 0.1) is 12.7 Å². The fourth-order valence-corrected chi connectivity index (χ4v) is 5.54. The molecule has 1 aliphatic rings. The summed E-state index contributed by atoms with van der Waals surface area (Å²) in [7, 11) is -4.14. The summed E-state index contributed by atoms with van der Waals surface area (Å²) >= 11 is 0. The van der Waals surface area contributed by atoms with Crippen molar-refractivity contribution in [2.24, 2.45) is 0 Å². The molecule has 8 heteroatoms. The molecule has 1 aliphatic heterocycles. The smallest absolute Gasteiger partial charge is 0.264 e. The molecule has 0 bridgehead atoms. The number of nitrogens with one attached hydrogen (secondary N) is 1. The molecule has 0 saturated carbocycles. The van der Waals surface area contributed by atoms with Gasteiger partial charge in [-0.05, 0) is 55.7 Å². The second kappa shape index (κ2) is 10.3. The van der Waals surface area contributed by atoms with Gasteiger partial charge in [0.2, 0.25) is 5.91 Å². The summed E-state index contributed by atoms with van der Waals surface area (Å²) in [6.07, 6.45) is 1.72. The minimum Gasteiger partial charge on any atom is -0.371 e. The average molecular weight is 482 g/mol. The average Bonchev–Trinajstić information content (AvgIpc) is 3.24. The number of benzene rings is 3. The lowest BCUT2D eigenvalue weighted by Gasteiger charge is -2.24. The molecule has 0 saturated heterocycles. The number of carbonyl (C=O) groups excluding carboxylic acids is 1. The molecule has 0 atom stereocenters. The van der Waals surface area contributed by atoms with Crippen molar-refractivity contribution in [2.75, 3.05) is 35.4 Å². The zero-order chi connectivity index (χ0) is 24.1. The normalized spacial score (nSPS) is 12.9. The monoisotopic (exact) mass is 481 g/mol. The first kappa shape index (κ1) is 23.8. The molecule has 0 fully saturated rings. The summed E-state index contributed by atoms with van der Waals surface area (Å²) in [4.78, 5) is 15.0. The predicted molar refractivity (Wildman–Crippen MR) is 132 cm³/mol. The standard InChI is InChI=1S/C26H28FN3O3S/c1-20-11-13-22(14-12-20)34(32,33)30(25-10-5-3-8-23(25)27)19-26(31)28-16-6-17-29-18-15-21-7-2-4-9-24(21)29/h2-5,7-14H,6,15-19H2,1H3,(H,28,31). The van der Waals surface area contributed by atoms with Crippen molar-refractivity contribution in [1.82, 2.24) is 5.32 Å². The number of fused-ring (bicyclic) bond motifs is 1. The van der Waals surface area contributed by atoms with Crippen LogP contribution in [0.25, 0.3) is 0 Å². The topological polar surface area (TPSA) is 69.7 Å². The Balaban J connectivity index is 1.42. The van der Waals surface area contributed by atoms with Gasteiger partial charge in [0, 0.05) is 25.3 Å². The van der Waals surface area contributed by atoms with Crippen molar-refractivity contribution < 1.29 is 17.6 Å². The molecule has 0 radical (unpaired) electrons. The second-order valence-electron chi connectivity index (χ2n) is 8.35. The Hall–Kier alpha value is -3.39. The first-order valence-electron chi connectivity index (χ1n) is 11.3. The lowest BCUT2D eigenvalue weighted by atomic mass is 10.2. The van der Waals surface area contributed by atoms with Crippen LogP contribution >= 0.6 is 0 Å². The number of aryl methyl sites for hydroxylation is 1. The van der Waals surface area contributed by atoms with Crippen molar-refractivity contribution >= 4 is 27.3 Å². The van der Waals surface area contributed by atoms with Crippen LogP contribution in [0.3, 0.4) is 0 Å². The Bertz CT molecular complexity index is 1260. The molecule has 6 nitrogen and oxygen atoms in total. The van der Waals surface area contributed by atoms with Gasteiger partial charge in [-0.2, -0.15) is 0 Å². The number of carbonyl (C=O) groups is 1. The van der Waals surface area contributed by atoms with Crippen LogP contribution in [0.15, 0.2) is 77.7 Å². The van der Waals surface area contributed by atoms with E-state index in [-0.39, 0.29) is 10.6 Å². The number of para-hydroxylation sites is 2. The van der Waals surface area contributed by atoms with E-state index < -0.39 is 28.3 Å². The van der Waals surface area contributed by atoms with Gasteiger partial charge in [-0.1, -0.05) is 48.0 Å². The Labute approximate surface area is 200 Å². The van der Waals surface area contributed by atoms with E-state index in [1.165, 1.54) is 41.6 Å². The number of hydrogen-bond donors (Lipinski definition) is 1. The number of rotatable bonds is 9. The molecule has 178 valence electrons. The summed E-state index contributed by atoms with van der Waals surface area (Å²) in [5, 5.41) is 2.79. The molecule has 1 N–H and O–H groups in total. The number of sulfonamides is 1. The van der Waals surface area contributed by atoms with E-state index in [0.29, 0.717) is 13.0 Å². The molecule has 0 aromatic heterocycles. The van der Waals surface area contributed by atoms with Crippen LogP contribution in [0.2, 0.25) is 0 Å². The van der Waals surface area contributed by atoms with Crippen LogP contribution < -0.4 is 14.5 Å². The number of anilines is 2. The summed E-state index contributed by atoms with van der Waals surface area (Å²) in [5.41, 5.74) is 3.29. The van der Waals surface area contributed by atoms with Gasteiger partial charge in [0.05, 0.1) is 10.6 Å². The van der Waals surface area contributed by atoms with E-state index in [2.05, 4.69) is 22.3 Å². The molecule has 0 spiro atoms. The van der Waals surface area contributed by atoms with Gasteiger partial charge >= 0.3 is 0 Å². The summed E-state index contributed by atoms with van der Waals surface area (Å²) in [6, 6.07) is 20.1. The SMILES string of the molecule is Cc1ccc(S(=O)(=O)N(CC(=O)NCCCN2CCc3ccccc32)c2ccccc2F)cc1. The fraction of sp³-hybridized carbons (Fsp3) is 0.269. The van der Waals surface area contributed by atoms with Gasteiger partial charge < -0.3 is 10.2 Å². The van der Waals surface area contributed by atoms with Crippen molar-refractivity contribution in [3.05, 3.63) is 89.7 Å². The molecule has 3 aromatic rings. The third-order valence-electron chi connectivity index (χ3n) is 5.93. The quantitative estimate of drug-likeness (QED) is 0.471. The van der Waals surface area contributed by atoms with E-state index in [0.717, 1.165) is 29.4 Å². The molecule has 1 amide bonds. The Morgan fingerprint density at radius 2 is 1.74 bits per heavy atom. The number of amides is 1. The highest BCUT2D eigenvalue weighted by Crippen LogP contribution is 2.28. The number of halogens is 1. The predicted octanol–water partition coefficient (Wildman–Crippen LogP) is 3.90. The van der Waals surface area contributed by atoms with Crippen LogP contribution in [-0.4, -0.2) is 40.5 Å². The summed E-state index contributed by atoms with van der Waals surface area (Å²) in [6.45, 7) is 3.47. The first-order valence-corrected chi connectivity index (χ1v) is 12.7. The van der Waals surface area contributed by atoms with Crippen molar-refractivity contribution in [1.29, 1.82) is 0 Å². The van der Waals surface area contributed by atoms with Crippen LogP contribution in [-0.2, 0) is 21.2 Å². The highest BCUT2D eigenvalue weighted by Gasteiger charge is 2.29. The lowest BCUT2D eigenvalue weighted by Crippen LogP contribution is -2.42. The van der Waals surface area contributed by atoms with Crippen molar-refractivity contribution in [2.45, 2.75) is 24.7 Å². The van der Waals surface area contributed by atoms with E-state index in [1.807, 2.05) is 19.1 Å². The van der Waals surface area contributed by atoms with Gasteiger partial charge in [-0.25, -0.2) is 12.8 Å². The molecule has 4 rings (SSSR count). The number of nitrogens with zero attached hydrogens (tertiary/aromatic N) is 2. The van der Waals surface area contributed by atoms with E-state index in [1.54, 1.807) is 18.2 Å². The Kier molecular flexibility index (Phi) is 7.17. The summed E-state index contributed by atoms with van der Waals surface area (Å²) < 4.78 is 42.0. The van der Waals surface area contributed by atoms with Gasteiger partial charge in [0.1, 0.15) is 12.4 Å². The minimum atomic E-state index is -4.14. The van der Waals surface area contributed by atoms with Gasteiger partial charge in [-0.3, -0.25) is 9.10 Å². The Morgan fingerprint density at radius 3 is 2.50 bits per heavy atom. The molecule has 1 heterocycles. The summed E-state index contributed by atoms with van der Waals surface area (Å²) in [5.74, 6) is -1.19. The maximum Gasteiger partial charge on any atom is 0.264 e. The van der Waals surface area contributed by atoms with Crippen molar-refractivity contribution in [3.8, 4) is 0 Å². The molecular weight excluding hydrogens is 453 g/mol. The van der Waals surface area contributed by atoms with E-state index >= 15 is 0 Å². The van der Waals surface area contributed by atoms with Crippen LogP contribution in [0.5, 0.6) is 0 Å². The molecule has 0 unspecified atom stereocenters. The lowest BCUT2D eigenvalue weighted by molar-refractivity contribution is -0.119. The van der Waals surface area contributed by atoms with Gasteiger partial charge in [0.25, 0.3) is 10.0 Å².